The SMILES string of the molecule is CC(=O)OC#COc1ccc(S(=O)(=O)Cl)cc1. The lowest BCUT2D eigenvalue weighted by Crippen LogP contribution is -1.92. The lowest BCUT2D eigenvalue weighted by Gasteiger charge is -1.98. The van der Waals surface area contributed by atoms with E-state index in [1.54, 1.807) is 0 Å². The van der Waals surface area contributed by atoms with Gasteiger partial charge in [-0.3, -0.25) is 4.79 Å². The molecule has 0 aliphatic heterocycles. The summed E-state index contributed by atoms with van der Waals surface area (Å²) in [5.74, 6) is -0.251. The molecule has 0 heterocycles. The third-order valence-corrected chi connectivity index (χ3v) is 2.88. The second-order valence-electron chi connectivity index (χ2n) is 2.81. The molecule has 0 spiro atoms. The largest absolute Gasteiger partial charge is 0.405 e. The average Bonchev–Trinajstić information content (AvgIpc) is 2.23. The van der Waals surface area contributed by atoms with E-state index in [0.717, 1.165) is 0 Å². The van der Waals surface area contributed by atoms with Gasteiger partial charge in [-0.25, -0.2) is 8.42 Å². The van der Waals surface area contributed by atoms with Crippen LogP contribution >= 0.6 is 10.7 Å². The number of halogens is 1. The van der Waals surface area contributed by atoms with Gasteiger partial charge in [0.15, 0.2) is 12.2 Å². The highest BCUT2D eigenvalue weighted by Crippen LogP contribution is 2.18. The van der Waals surface area contributed by atoms with Crippen LogP contribution in [0.25, 0.3) is 0 Å². The predicted molar refractivity (Wildman–Crippen MR) is 59.7 cm³/mol. The summed E-state index contributed by atoms with van der Waals surface area (Å²) in [4.78, 5) is 10.3. The Morgan fingerprint density at radius 1 is 1.24 bits per heavy atom. The molecule has 1 rings (SSSR count). The molecule has 5 nitrogen and oxygen atoms in total. The van der Waals surface area contributed by atoms with Crippen molar-refractivity contribution in [2.75, 3.05) is 0 Å². The molecule has 7 heteroatoms. The van der Waals surface area contributed by atoms with Gasteiger partial charge in [0.1, 0.15) is 5.75 Å². The predicted octanol–water partition coefficient (Wildman–Crippen LogP) is 1.47. The molecule has 0 aromatic heterocycles. The zero-order valence-corrected chi connectivity index (χ0v) is 10.2. The highest BCUT2D eigenvalue weighted by atomic mass is 35.7. The van der Waals surface area contributed by atoms with Gasteiger partial charge in [-0.1, -0.05) is 0 Å². The smallest absolute Gasteiger partial charge is 0.316 e. The van der Waals surface area contributed by atoms with Crippen LogP contribution in [0.15, 0.2) is 29.2 Å². The van der Waals surface area contributed by atoms with Gasteiger partial charge in [0.05, 0.1) is 4.90 Å². The topological polar surface area (TPSA) is 69.7 Å². The molecule has 0 N–H and O–H groups in total. The Bertz CT molecular complexity index is 565. The number of hydrogen-bond donors (Lipinski definition) is 0. The number of esters is 1. The monoisotopic (exact) mass is 274 g/mol. The van der Waals surface area contributed by atoms with Crippen molar-refractivity contribution >= 4 is 25.7 Å². The van der Waals surface area contributed by atoms with Crippen molar-refractivity contribution in [3.8, 4) is 18.0 Å². The van der Waals surface area contributed by atoms with Crippen molar-refractivity contribution in [2.45, 2.75) is 11.8 Å². The Morgan fingerprint density at radius 2 is 1.82 bits per heavy atom. The van der Waals surface area contributed by atoms with E-state index in [9.17, 15) is 13.2 Å². The minimum Gasteiger partial charge on any atom is -0.405 e. The summed E-state index contributed by atoms with van der Waals surface area (Å²) in [5.41, 5.74) is 0. The highest BCUT2D eigenvalue weighted by molar-refractivity contribution is 8.13. The summed E-state index contributed by atoms with van der Waals surface area (Å²) in [7, 11) is 1.37. The first kappa shape index (κ1) is 13.4. The van der Waals surface area contributed by atoms with Crippen molar-refractivity contribution in [3.05, 3.63) is 24.3 Å². The summed E-state index contributed by atoms with van der Waals surface area (Å²) < 4.78 is 31.0. The number of ether oxygens (including phenoxy) is 2. The Hall–Kier alpha value is -1.71. The van der Waals surface area contributed by atoms with Gasteiger partial charge < -0.3 is 9.47 Å². The molecular weight excluding hydrogens is 268 g/mol. The van der Waals surface area contributed by atoms with Gasteiger partial charge in [-0.05, 0) is 24.3 Å². The van der Waals surface area contributed by atoms with E-state index in [2.05, 4.69) is 10.8 Å². The van der Waals surface area contributed by atoms with E-state index < -0.39 is 15.0 Å². The number of rotatable bonds is 2. The van der Waals surface area contributed by atoms with Gasteiger partial charge >= 0.3 is 5.97 Å². The summed E-state index contributed by atoms with van der Waals surface area (Å²) in [6.45, 7) is 1.20. The van der Waals surface area contributed by atoms with Crippen LogP contribution in [0.2, 0.25) is 0 Å². The lowest BCUT2D eigenvalue weighted by atomic mass is 10.3. The number of carbonyl (C=O) groups excluding carboxylic acids is 1. The molecule has 1 aromatic carbocycles. The summed E-state index contributed by atoms with van der Waals surface area (Å²) in [6, 6.07) is 5.28. The fraction of sp³-hybridized carbons (Fsp3) is 0.100. The molecule has 17 heavy (non-hydrogen) atoms. The van der Waals surface area contributed by atoms with E-state index in [0.29, 0.717) is 5.75 Å². The van der Waals surface area contributed by atoms with Gasteiger partial charge in [0.2, 0.25) is 0 Å². The van der Waals surface area contributed by atoms with Crippen molar-refractivity contribution in [1.29, 1.82) is 0 Å². The Kier molecular flexibility index (Phi) is 4.37. The molecule has 0 atom stereocenters. The van der Waals surface area contributed by atoms with Crippen LogP contribution < -0.4 is 4.74 Å². The van der Waals surface area contributed by atoms with Gasteiger partial charge in [-0.15, -0.1) is 0 Å². The maximum atomic E-state index is 10.9. The van der Waals surface area contributed by atoms with E-state index in [-0.39, 0.29) is 4.90 Å². The third-order valence-electron chi connectivity index (χ3n) is 1.51. The third kappa shape index (κ3) is 4.76. The van der Waals surface area contributed by atoms with Crippen LogP contribution in [0, 0.1) is 12.2 Å². The maximum Gasteiger partial charge on any atom is 0.316 e. The van der Waals surface area contributed by atoms with Crippen molar-refractivity contribution in [2.24, 2.45) is 0 Å². The second kappa shape index (κ2) is 5.57. The quantitative estimate of drug-likeness (QED) is 0.464. The molecular formula is C10H7ClO5S. The summed E-state index contributed by atoms with van der Waals surface area (Å²) in [5, 5.41) is 0. The zero-order chi connectivity index (χ0) is 12.9. The molecule has 0 radical (unpaired) electrons. The number of carbonyl (C=O) groups is 1. The molecule has 1 aromatic rings. The van der Waals surface area contributed by atoms with Crippen molar-refractivity contribution in [3.63, 3.8) is 0 Å². The molecule has 0 saturated heterocycles. The second-order valence-corrected chi connectivity index (χ2v) is 5.38. The molecule has 0 bridgehead atoms. The number of hydrogen-bond acceptors (Lipinski definition) is 5. The normalized spacial score (nSPS) is 10.0. The van der Waals surface area contributed by atoms with E-state index >= 15 is 0 Å². The van der Waals surface area contributed by atoms with Crippen molar-refractivity contribution in [1.82, 2.24) is 0 Å². The zero-order valence-electron chi connectivity index (χ0n) is 8.64. The van der Waals surface area contributed by atoms with Crippen LogP contribution in [0.1, 0.15) is 6.92 Å². The van der Waals surface area contributed by atoms with Crippen LogP contribution in [0.3, 0.4) is 0 Å². The Morgan fingerprint density at radius 3 is 2.29 bits per heavy atom. The van der Waals surface area contributed by atoms with E-state index in [4.69, 9.17) is 15.4 Å². The average molecular weight is 275 g/mol. The standard InChI is InChI=1S/C10H7ClO5S/c1-8(12)15-6-7-16-9-2-4-10(5-3-9)17(11,13)14/h2-5H,1H3. The fourth-order valence-corrected chi connectivity index (χ4v) is 1.61. The van der Waals surface area contributed by atoms with Crippen LogP contribution in [0.5, 0.6) is 5.75 Å². The molecule has 0 unspecified atom stereocenters. The first-order chi connectivity index (χ1) is 7.89. The molecule has 0 saturated carbocycles. The van der Waals surface area contributed by atoms with Gasteiger partial charge in [0.25, 0.3) is 9.05 Å². The van der Waals surface area contributed by atoms with Crippen LogP contribution in [0.4, 0.5) is 0 Å². The Balaban J connectivity index is 2.69. The van der Waals surface area contributed by atoms with Crippen molar-refractivity contribution < 1.29 is 22.7 Å². The number of benzene rings is 1. The lowest BCUT2D eigenvalue weighted by molar-refractivity contribution is -0.134. The maximum absolute atomic E-state index is 10.9. The van der Waals surface area contributed by atoms with Gasteiger partial charge in [-0.2, -0.15) is 0 Å². The fourth-order valence-electron chi connectivity index (χ4n) is 0.843. The molecule has 0 aliphatic carbocycles. The van der Waals surface area contributed by atoms with Crippen LogP contribution in [-0.4, -0.2) is 14.4 Å². The first-order valence-electron chi connectivity index (χ1n) is 4.28. The summed E-state index contributed by atoms with van der Waals surface area (Å²) in [6.07, 6.45) is 4.13. The first-order valence-corrected chi connectivity index (χ1v) is 6.59. The summed E-state index contributed by atoms with van der Waals surface area (Å²) >= 11 is 0. The molecule has 0 fully saturated rings. The van der Waals surface area contributed by atoms with Gasteiger partial charge in [0, 0.05) is 17.6 Å². The minimum atomic E-state index is -3.74. The molecule has 0 aliphatic rings. The molecule has 90 valence electrons. The molecule has 0 amide bonds. The van der Waals surface area contributed by atoms with E-state index in [1.807, 2.05) is 6.11 Å². The van der Waals surface area contributed by atoms with E-state index in [1.165, 1.54) is 31.2 Å². The minimum absolute atomic E-state index is 0.0422. The Labute approximate surface area is 103 Å². The van der Waals surface area contributed by atoms with Crippen LogP contribution in [-0.2, 0) is 18.6 Å². The highest BCUT2D eigenvalue weighted by Gasteiger charge is 2.08.